The molecule has 1 amide bonds. The number of hydrogen-bond donors (Lipinski definition) is 1. The van der Waals surface area contributed by atoms with Gasteiger partial charge in [-0.1, -0.05) is 5.92 Å². The van der Waals surface area contributed by atoms with Gasteiger partial charge in [-0.05, 0) is 6.92 Å². The smallest absolute Gasteiger partial charge is 0.258 e. The summed E-state index contributed by atoms with van der Waals surface area (Å²) in [4.78, 5) is 11.3. The molecule has 0 saturated carbocycles. The van der Waals surface area contributed by atoms with Crippen LogP contribution in [-0.2, 0) is 0 Å². The zero-order valence-corrected chi connectivity index (χ0v) is 8.95. The highest BCUT2D eigenvalue weighted by molar-refractivity contribution is 5.95. The number of halogens is 5. The highest BCUT2D eigenvalue weighted by Gasteiger charge is 2.29. The van der Waals surface area contributed by atoms with Gasteiger partial charge in [-0.15, -0.1) is 6.42 Å². The van der Waals surface area contributed by atoms with E-state index in [0.29, 0.717) is 0 Å². The maximum absolute atomic E-state index is 13.2. The van der Waals surface area contributed by atoms with E-state index in [2.05, 4.69) is 0 Å². The molecule has 18 heavy (non-hydrogen) atoms. The highest BCUT2D eigenvalue weighted by atomic mass is 19.2. The van der Waals surface area contributed by atoms with Crippen LogP contribution in [0.25, 0.3) is 0 Å². The van der Waals surface area contributed by atoms with Gasteiger partial charge in [0.25, 0.3) is 5.91 Å². The van der Waals surface area contributed by atoms with Crippen LogP contribution in [0.3, 0.4) is 0 Å². The molecule has 0 aliphatic carbocycles. The Hall–Kier alpha value is -2.10. The predicted molar refractivity (Wildman–Crippen MR) is 52.0 cm³/mol. The van der Waals surface area contributed by atoms with Gasteiger partial charge in [-0.25, -0.2) is 22.0 Å². The van der Waals surface area contributed by atoms with Gasteiger partial charge in [0.1, 0.15) is 5.56 Å². The van der Waals surface area contributed by atoms with Gasteiger partial charge in [-0.2, -0.15) is 0 Å². The maximum atomic E-state index is 13.2. The Labute approximate surface area is 98.8 Å². The lowest BCUT2D eigenvalue weighted by Gasteiger charge is -2.10. The van der Waals surface area contributed by atoms with E-state index >= 15 is 0 Å². The second kappa shape index (κ2) is 5.04. The highest BCUT2D eigenvalue weighted by Crippen LogP contribution is 2.22. The molecule has 0 bridgehead atoms. The minimum Gasteiger partial charge on any atom is -0.339 e. The molecular formula is C11H6F5NO. The molecule has 1 atom stereocenters. The van der Waals surface area contributed by atoms with Crippen molar-refractivity contribution in [2.45, 2.75) is 13.0 Å². The van der Waals surface area contributed by atoms with Gasteiger partial charge in [0.15, 0.2) is 23.3 Å². The van der Waals surface area contributed by atoms with E-state index in [1.54, 1.807) is 0 Å². The van der Waals surface area contributed by atoms with Crippen LogP contribution in [0.1, 0.15) is 17.3 Å². The molecule has 0 radical (unpaired) electrons. The molecule has 96 valence electrons. The molecule has 0 spiro atoms. The summed E-state index contributed by atoms with van der Waals surface area (Å²) in [7, 11) is 0. The average molecular weight is 263 g/mol. The summed E-state index contributed by atoms with van der Waals surface area (Å²) >= 11 is 0. The summed E-state index contributed by atoms with van der Waals surface area (Å²) in [5.41, 5.74) is -1.56. The number of nitrogens with one attached hydrogen (secondary N) is 1. The molecule has 2 nitrogen and oxygen atoms in total. The monoisotopic (exact) mass is 263 g/mol. The minimum absolute atomic E-state index is 0.924. The molecule has 0 aromatic heterocycles. The second-order valence-electron chi connectivity index (χ2n) is 3.31. The number of benzene rings is 1. The maximum Gasteiger partial charge on any atom is 0.258 e. The molecule has 1 N–H and O–H groups in total. The Morgan fingerprint density at radius 2 is 1.44 bits per heavy atom. The summed E-state index contributed by atoms with van der Waals surface area (Å²) in [6.07, 6.45) is 4.90. The molecule has 0 heterocycles. The van der Waals surface area contributed by atoms with Crippen LogP contribution in [0.4, 0.5) is 22.0 Å². The molecule has 0 aliphatic heterocycles. The van der Waals surface area contributed by atoms with E-state index in [1.165, 1.54) is 6.92 Å². The predicted octanol–water partition coefficient (Wildman–Crippen LogP) is 2.13. The van der Waals surface area contributed by atoms with Crippen LogP contribution in [0.2, 0.25) is 0 Å². The summed E-state index contributed by atoms with van der Waals surface area (Å²) in [6.45, 7) is 1.30. The molecule has 1 rings (SSSR count). The van der Waals surface area contributed by atoms with Crippen LogP contribution in [-0.4, -0.2) is 11.9 Å². The fourth-order valence-corrected chi connectivity index (χ4v) is 1.11. The van der Waals surface area contributed by atoms with Crippen molar-refractivity contribution >= 4 is 5.91 Å². The molecule has 0 fully saturated rings. The van der Waals surface area contributed by atoms with Crippen LogP contribution < -0.4 is 5.32 Å². The summed E-state index contributed by atoms with van der Waals surface area (Å²) < 4.78 is 64.6. The molecular weight excluding hydrogens is 257 g/mol. The molecule has 1 aromatic rings. The topological polar surface area (TPSA) is 29.1 Å². The van der Waals surface area contributed by atoms with Crippen LogP contribution in [0.15, 0.2) is 0 Å². The van der Waals surface area contributed by atoms with Crippen molar-refractivity contribution in [3.63, 3.8) is 0 Å². The van der Waals surface area contributed by atoms with Crippen molar-refractivity contribution < 1.29 is 26.7 Å². The van der Waals surface area contributed by atoms with Gasteiger partial charge in [0.05, 0.1) is 6.04 Å². The van der Waals surface area contributed by atoms with Crippen molar-refractivity contribution in [3.05, 3.63) is 34.6 Å². The summed E-state index contributed by atoms with van der Waals surface area (Å²) in [5, 5.41) is 1.89. The Bertz CT molecular complexity index is 520. The summed E-state index contributed by atoms with van der Waals surface area (Å²) in [5.74, 6) is -10.6. The van der Waals surface area contributed by atoms with E-state index < -0.39 is 46.6 Å². The van der Waals surface area contributed by atoms with Crippen LogP contribution in [0, 0.1) is 41.4 Å². The molecule has 1 aromatic carbocycles. The van der Waals surface area contributed by atoms with E-state index in [-0.39, 0.29) is 0 Å². The Morgan fingerprint density at radius 3 is 1.83 bits per heavy atom. The first-order valence-electron chi connectivity index (χ1n) is 4.59. The Kier molecular flexibility index (Phi) is 3.91. The molecule has 1 unspecified atom stereocenters. The van der Waals surface area contributed by atoms with Crippen molar-refractivity contribution in [1.82, 2.24) is 5.32 Å². The first-order chi connectivity index (χ1) is 8.31. The van der Waals surface area contributed by atoms with Crippen LogP contribution in [0.5, 0.6) is 0 Å². The van der Waals surface area contributed by atoms with Gasteiger partial charge in [0, 0.05) is 0 Å². The largest absolute Gasteiger partial charge is 0.339 e. The van der Waals surface area contributed by atoms with Gasteiger partial charge in [-0.3, -0.25) is 4.79 Å². The number of rotatable bonds is 2. The number of carbonyl (C=O) groups is 1. The number of terminal acetylenes is 1. The van der Waals surface area contributed by atoms with Gasteiger partial charge < -0.3 is 5.32 Å². The number of amides is 1. The zero-order valence-electron chi connectivity index (χ0n) is 8.95. The van der Waals surface area contributed by atoms with Gasteiger partial charge >= 0.3 is 0 Å². The number of hydrogen-bond acceptors (Lipinski definition) is 1. The Balaban J connectivity index is 3.34. The standard InChI is InChI=1S/C11H6F5NO/c1-3-4(2)17-11(18)5-6(12)8(14)10(16)9(15)7(5)13/h1,4H,2H3,(H,17,18). The average Bonchev–Trinajstić information content (AvgIpc) is 2.34. The third-order valence-electron chi connectivity index (χ3n) is 2.03. The van der Waals surface area contributed by atoms with E-state index in [9.17, 15) is 26.7 Å². The van der Waals surface area contributed by atoms with Crippen molar-refractivity contribution in [3.8, 4) is 12.3 Å². The van der Waals surface area contributed by atoms with Crippen molar-refractivity contribution in [2.75, 3.05) is 0 Å². The summed E-state index contributed by atoms with van der Waals surface area (Å²) in [6, 6.07) is -0.924. The third-order valence-corrected chi connectivity index (χ3v) is 2.03. The first kappa shape index (κ1) is 14.0. The second-order valence-corrected chi connectivity index (χ2v) is 3.31. The van der Waals surface area contributed by atoms with Crippen molar-refractivity contribution in [2.24, 2.45) is 0 Å². The quantitative estimate of drug-likeness (QED) is 0.376. The lowest BCUT2D eigenvalue weighted by Crippen LogP contribution is -2.33. The lowest BCUT2D eigenvalue weighted by molar-refractivity contribution is 0.0936. The van der Waals surface area contributed by atoms with Crippen molar-refractivity contribution in [1.29, 1.82) is 0 Å². The van der Waals surface area contributed by atoms with Gasteiger partial charge in [0.2, 0.25) is 5.82 Å². The fourth-order valence-electron chi connectivity index (χ4n) is 1.11. The third kappa shape index (κ3) is 2.27. The SMILES string of the molecule is C#CC(C)NC(=O)c1c(F)c(F)c(F)c(F)c1F. The number of carbonyl (C=O) groups excluding carboxylic acids is 1. The van der Waals surface area contributed by atoms with E-state index in [0.717, 1.165) is 0 Å². The van der Waals surface area contributed by atoms with Crippen LogP contribution >= 0.6 is 0 Å². The minimum atomic E-state index is -2.33. The normalized spacial score (nSPS) is 11.8. The fraction of sp³-hybridized carbons (Fsp3) is 0.182. The molecule has 7 heteroatoms. The molecule has 0 aliphatic rings. The van der Waals surface area contributed by atoms with E-state index in [1.807, 2.05) is 11.2 Å². The Morgan fingerprint density at radius 1 is 1.06 bits per heavy atom. The van der Waals surface area contributed by atoms with E-state index in [4.69, 9.17) is 6.42 Å². The first-order valence-corrected chi connectivity index (χ1v) is 4.59. The lowest BCUT2D eigenvalue weighted by atomic mass is 10.1. The zero-order chi connectivity index (χ0) is 14.0. The molecule has 0 saturated heterocycles.